The largest absolute Gasteiger partial charge is 0.384 e. The Balaban J connectivity index is 2.30. The molecule has 2 rings (SSSR count). The minimum Gasteiger partial charge on any atom is -0.384 e. The van der Waals surface area contributed by atoms with Gasteiger partial charge in [0.15, 0.2) is 0 Å². The molecule has 112 valence electrons. The number of nitrogens with one attached hydrogen (secondary N) is 1. The molecule has 0 aliphatic carbocycles. The molecule has 1 aromatic heterocycles. The van der Waals surface area contributed by atoms with Gasteiger partial charge in [0, 0.05) is 17.8 Å². The molecule has 0 aliphatic rings. The average molecular weight is 291 g/mol. The number of halogens is 2. The summed E-state index contributed by atoms with van der Waals surface area (Å²) in [7, 11) is 0. The van der Waals surface area contributed by atoms with Gasteiger partial charge in [-0.25, -0.2) is 13.8 Å². The van der Waals surface area contributed by atoms with Crippen LogP contribution < -0.4 is 11.1 Å². The van der Waals surface area contributed by atoms with E-state index in [0.29, 0.717) is 18.8 Å². The summed E-state index contributed by atoms with van der Waals surface area (Å²) in [6.45, 7) is 2.69. The minimum atomic E-state index is -0.536. The number of nitrogens with zero attached hydrogens (tertiary/aromatic N) is 1. The van der Waals surface area contributed by atoms with Crippen LogP contribution in [-0.4, -0.2) is 11.5 Å². The Hall–Kier alpha value is -2.01. The van der Waals surface area contributed by atoms with E-state index >= 15 is 0 Å². The molecular weight excluding hydrogens is 272 g/mol. The van der Waals surface area contributed by atoms with Crippen molar-refractivity contribution in [3.05, 3.63) is 59.3 Å². The zero-order valence-electron chi connectivity index (χ0n) is 11.9. The van der Waals surface area contributed by atoms with E-state index in [1.165, 1.54) is 18.2 Å². The van der Waals surface area contributed by atoms with E-state index in [-0.39, 0.29) is 5.56 Å². The molecule has 0 saturated carbocycles. The van der Waals surface area contributed by atoms with Crippen LogP contribution in [0.5, 0.6) is 0 Å². The van der Waals surface area contributed by atoms with Crippen molar-refractivity contribution < 1.29 is 8.78 Å². The van der Waals surface area contributed by atoms with Gasteiger partial charge in [-0.2, -0.15) is 0 Å². The van der Waals surface area contributed by atoms with Gasteiger partial charge >= 0.3 is 0 Å². The first-order chi connectivity index (χ1) is 10.1. The standard InChI is InChI=1S/C16H19F2N3/c1-2-7-20-14(9-11-6-8-21-15(19)10-11)16-12(17)4-3-5-13(16)18/h3-6,8,10,14,20H,2,7,9H2,1H3,(H2,19,21). The minimum absolute atomic E-state index is 0.0707. The lowest BCUT2D eigenvalue weighted by Crippen LogP contribution is -2.26. The Bertz CT molecular complexity index is 582. The molecular formula is C16H19F2N3. The number of pyridine rings is 1. The first-order valence-electron chi connectivity index (χ1n) is 6.99. The smallest absolute Gasteiger partial charge is 0.130 e. The summed E-state index contributed by atoms with van der Waals surface area (Å²) in [6.07, 6.45) is 2.93. The van der Waals surface area contributed by atoms with Gasteiger partial charge in [-0.15, -0.1) is 0 Å². The normalized spacial score (nSPS) is 12.3. The lowest BCUT2D eigenvalue weighted by atomic mass is 9.98. The second-order valence-corrected chi connectivity index (χ2v) is 4.94. The van der Waals surface area contributed by atoms with Crippen molar-refractivity contribution in [1.29, 1.82) is 0 Å². The lowest BCUT2D eigenvalue weighted by molar-refractivity contribution is 0.464. The van der Waals surface area contributed by atoms with E-state index in [9.17, 15) is 8.78 Å². The second-order valence-electron chi connectivity index (χ2n) is 4.94. The molecule has 0 aliphatic heterocycles. The quantitative estimate of drug-likeness (QED) is 0.859. The highest BCUT2D eigenvalue weighted by Crippen LogP contribution is 2.24. The molecule has 0 amide bonds. The summed E-state index contributed by atoms with van der Waals surface area (Å²) in [5.41, 5.74) is 6.61. The van der Waals surface area contributed by atoms with Gasteiger partial charge in [0.25, 0.3) is 0 Å². The van der Waals surface area contributed by atoms with E-state index < -0.39 is 17.7 Å². The molecule has 0 spiro atoms. The van der Waals surface area contributed by atoms with Crippen LogP contribution in [0.2, 0.25) is 0 Å². The fraction of sp³-hybridized carbons (Fsp3) is 0.312. The SMILES string of the molecule is CCCNC(Cc1ccnc(N)c1)c1c(F)cccc1F. The molecule has 0 fully saturated rings. The van der Waals surface area contributed by atoms with Crippen LogP contribution in [0.1, 0.15) is 30.5 Å². The Morgan fingerprint density at radius 3 is 2.57 bits per heavy atom. The molecule has 1 heterocycles. The van der Waals surface area contributed by atoms with Crippen molar-refractivity contribution in [2.24, 2.45) is 0 Å². The maximum atomic E-state index is 14.0. The molecule has 0 saturated heterocycles. The number of hydrogen-bond donors (Lipinski definition) is 2. The lowest BCUT2D eigenvalue weighted by Gasteiger charge is -2.20. The van der Waals surface area contributed by atoms with Gasteiger partial charge in [-0.05, 0) is 49.2 Å². The predicted octanol–water partition coefficient (Wildman–Crippen LogP) is 3.23. The fourth-order valence-electron chi connectivity index (χ4n) is 2.30. The zero-order chi connectivity index (χ0) is 15.2. The number of anilines is 1. The summed E-state index contributed by atoms with van der Waals surface area (Å²) in [6, 6.07) is 7.01. The van der Waals surface area contributed by atoms with Gasteiger partial charge in [-0.1, -0.05) is 13.0 Å². The first kappa shape index (κ1) is 15.4. The van der Waals surface area contributed by atoms with Gasteiger partial charge < -0.3 is 11.1 Å². The van der Waals surface area contributed by atoms with Gasteiger partial charge in [0.1, 0.15) is 17.5 Å². The Morgan fingerprint density at radius 1 is 1.24 bits per heavy atom. The molecule has 1 atom stereocenters. The predicted molar refractivity (Wildman–Crippen MR) is 79.7 cm³/mol. The number of benzene rings is 1. The molecule has 5 heteroatoms. The molecule has 21 heavy (non-hydrogen) atoms. The molecule has 1 aromatic carbocycles. The maximum absolute atomic E-state index is 14.0. The van der Waals surface area contributed by atoms with Crippen molar-refractivity contribution in [2.75, 3.05) is 12.3 Å². The van der Waals surface area contributed by atoms with Crippen molar-refractivity contribution in [3.8, 4) is 0 Å². The van der Waals surface area contributed by atoms with Crippen molar-refractivity contribution in [3.63, 3.8) is 0 Å². The fourth-order valence-corrected chi connectivity index (χ4v) is 2.30. The van der Waals surface area contributed by atoms with Crippen molar-refractivity contribution >= 4 is 5.82 Å². The molecule has 0 bridgehead atoms. The van der Waals surface area contributed by atoms with Crippen LogP contribution in [0, 0.1) is 11.6 Å². The van der Waals surface area contributed by atoms with Crippen LogP contribution in [0.3, 0.4) is 0 Å². The van der Waals surface area contributed by atoms with Crippen LogP contribution in [0.15, 0.2) is 36.5 Å². The van der Waals surface area contributed by atoms with Gasteiger partial charge in [-0.3, -0.25) is 0 Å². The summed E-state index contributed by atoms with van der Waals surface area (Å²) < 4.78 is 28.0. The highest BCUT2D eigenvalue weighted by molar-refractivity contribution is 5.33. The first-order valence-corrected chi connectivity index (χ1v) is 6.99. The van der Waals surface area contributed by atoms with Gasteiger partial charge in [0.05, 0.1) is 0 Å². The van der Waals surface area contributed by atoms with Crippen LogP contribution in [0.25, 0.3) is 0 Å². The second kappa shape index (κ2) is 7.13. The molecule has 2 aromatic rings. The number of nitrogens with two attached hydrogens (primary N) is 1. The highest BCUT2D eigenvalue weighted by Gasteiger charge is 2.20. The Morgan fingerprint density at radius 2 is 1.95 bits per heavy atom. The van der Waals surface area contributed by atoms with Crippen LogP contribution >= 0.6 is 0 Å². The molecule has 3 N–H and O–H groups in total. The van der Waals surface area contributed by atoms with E-state index in [4.69, 9.17) is 5.73 Å². The average Bonchev–Trinajstić information content (AvgIpc) is 2.44. The van der Waals surface area contributed by atoms with Crippen molar-refractivity contribution in [2.45, 2.75) is 25.8 Å². The summed E-state index contributed by atoms with van der Waals surface area (Å²) in [4.78, 5) is 3.93. The number of aromatic nitrogens is 1. The Kier molecular flexibility index (Phi) is 5.22. The molecule has 3 nitrogen and oxygen atoms in total. The Labute approximate surface area is 123 Å². The third kappa shape index (κ3) is 3.98. The van der Waals surface area contributed by atoms with Crippen molar-refractivity contribution in [1.82, 2.24) is 10.3 Å². The number of rotatable bonds is 6. The summed E-state index contributed by atoms with van der Waals surface area (Å²) >= 11 is 0. The maximum Gasteiger partial charge on any atom is 0.130 e. The van der Waals surface area contributed by atoms with E-state index in [1.54, 1.807) is 18.3 Å². The number of nitrogen functional groups attached to an aromatic ring is 1. The third-order valence-electron chi connectivity index (χ3n) is 3.27. The van der Waals surface area contributed by atoms with Gasteiger partial charge in [0.2, 0.25) is 0 Å². The zero-order valence-corrected chi connectivity index (χ0v) is 11.9. The highest BCUT2D eigenvalue weighted by atomic mass is 19.1. The molecule has 0 radical (unpaired) electrons. The van der Waals surface area contributed by atoms with E-state index in [1.807, 2.05) is 6.92 Å². The van der Waals surface area contributed by atoms with Crippen LogP contribution in [0.4, 0.5) is 14.6 Å². The molecule has 1 unspecified atom stereocenters. The third-order valence-corrected chi connectivity index (χ3v) is 3.27. The van der Waals surface area contributed by atoms with E-state index in [0.717, 1.165) is 12.0 Å². The summed E-state index contributed by atoms with van der Waals surface area (Å²) in [5.74, 6) is -0.674. The number of hydrogen-bond acceptors (Lipinski definition) is 3. The topological polar surface area (TPSA) is 50.9 Å². The summed E-state index contributed by atoms with van der Waals surface area (Å²) in [5, 5.41) is 3.19. The van der Waals surface area contributed by atoms with Crippen LogP contribution in [-0.2, 0) is 6.42 Å². The monoisotopic (exact) mass is 291 g/mol. The van der Waals surface area contributed by atoms with E-state index in [2.05, 4.69) is 10.3 Å².